The maximum Gasteiger partial charge on any atom is 0.129 e. The molecule has 0 amide bonds. The number of hydrogen-bond acceptors (Lipinski definition) is 3. The largest absolute Gasteiger partial charge is 0.496 e. The van der Waals surface area contributed by atoms with Crippen LogP contribution >= 0.6 is 27.3 Å². The maximum atomic E-state index is 5.44. The van der Waals surface area contributed by atoms with Crippen LogP contribution in [0.3, 0.4) is 0 Å². The van der Waals surface area contributed by atoms with Gasteiger partial charge in [0.25, 0.3) is 0 Å². The van der Waals surface area contributed by atoms with Crippen LogP contribution in [0.15, 0.2) is 15.9 Å². The minimum atomic E-state index is 0.884. The Balaban J connectivity index is 2.61. The fourth-order valence-electron chi connectivity index (χ4n) is 1.62. The first-order valence-corrected chi connectivity index (χ1v) is 6.92. The normalized spacial score (nSPS) is 10.6. The maximum absolute atomic E-state index is 5.44. The Labute approximate surface area is 114 Å². The zero-order chi connectivity index (χ0) is 12.6. The average Bonchev–Trinajstić information content (AvgIpc) is 2.62. The van der Waals surface area contributed by atoms with Crippen LogP contribution in [0, 0.1) is 20.8 Å². The van der Waals surface area contributed by atoms with Crippen molar-refractivity contribution in [3.63, 3.8) is 0 Å². The van der Waals surface area contributed by atoms with Gasteiger partial charge in [0.2, 0.25) is 0 Å². The highest BCUT2D eigenvalue weighted by Crippen LogP contribution is 2.37. The summed E-state index contributed by atoms with van der Waals surface area (Å²) in [7, 11) is 1.70. The molecule has 0 atom stereocenters. The second kappa shape index (κ2) is 4.78. The number of hydrogen-bond donors (Lipinski definition) is 0. The molecule has 90 valence electrons. The quantitative estimate of drug-likeness (QED) is 0.814. The van der Waals surface area contributed by atoms with Gasteiger partial charge in [0.15, 0.2) is 0 Å². The summed E-state index contributed by atoms with van der Waals surface area (Å²) in [5.74, 6) is 0.884. The lowest BCUT2D eigenvalue weighted by Crippen LogP contribution is -1.91. The molecule has 1 aromatic carbocycles. The third kappa shape index (κ3) is 2.38. The Kier molecular flexibility index (Phi) is 3.54. The van der Waals surface area contributed by atoms with Gasteiger partial charge in [-0.1, -0.05) is 0 Å². The van der Waals surface area contributed by atoms with Crippen molar-refractivity contribution in [3.8, 4) is 16.3 Å². The van der Waals surface area contributed by atoms with E-state index in [2.05, 4.69) is 46.9 Å². The SMILES string of the molecule is COc1cc(C)c(C)cc1-c1nc(C)c(Br)s1. The predicted molar refractivity (Wildman–Crippen MR) is 76.0 cm³/mol. The van der Waals surface area contributed by atoms with Crippen molar-refractivity contribution >= 4 is 27.3 Å². The molecule has 0 fully saturated rings. The topological polar surface area (TPSA) is 22.1 Å². The zero-order valence-electron chi connectivity index (χ0n) is 10.3. The van der Waals surface area contributed by atoms with Crippen LogP contribution in [0.5, 0.6) is 5.75 Å². The third-order valence-corrected chi connectivity index (χ3v) is 4.82. The van der Waals surface area contributed by atoms with Gasteiger partial charge in [-0.05, 0) is 60.0 Å². The second-order valence-electron chi connectivity index (χ2n) is 4.01. The smallest absolute Gasteiger partial charge is 0.129 e. The highest BCUT2D eigenvalue weighted by atomic mass is 79.9. The number of nitrogens with zero attached hydrogens (tertiary/aromatic N) is 1. The molecule has 0 aliphatic rings. The number of halogens is 1. The van der Waals surface area contributed by atoms with Crippen molar-refractivity contribution in [2.45, 2.75) is 20.8 Å². The summed E-state index contributed by atoms with van der Waals surface area (Å²) in [4.78, 5) is 4.55. The number of benzene rings is 1. The zero-order valence-corrected chi connectivity index (χ0v) is 12.7. The standard InChI is InChI=1S/C13H14BrNOS/c1-7-5-10(11(16-4)6-8(7)2)13-15-9(3)12(14)17-13/h5-6H,1-4H3. The van der Waals surface area contributed by atoms with Gasteiger partial charge in [-0.25, -0.2) is 4.98 Å². The summed E-state index contributed by atoms with van der Waals surface area (Å²) in [6.07, 6.45) is 0. The number of rotatable bonds is 2. The van der Waals surface area contributed by atoms with Gasteiger partial charge in [-0.2, -0.15) is 0 Å². The first-order valence-electron chi connectivity index (χ1n) is 5.31. The molecule has 0 bridgehead atoms. The van der Waals surface area contributed by atoms with Gasteiger partial charge in [0.1, 0.15) is 10.8 Å². The Bertz CT molecular complexity index is 543. The Morgan fingerprint density at radius 1 is 1.18 bits per heavy atom. The molecule has 1 heterocycles. The van der Waals surface area contributed by atoms with Crippen molar-refractivity contribution in [3.05, 3.63) is 32.7 Å². The Morgan fingerprint density at radius 2 is 1.82 bits per heavy atom. The van der Waals surface area contributed by atoms with Gasteiger partial charge in [0.05, 0.1) is 22.2 Å². The van der Waals surface area contributed by atoms with Gasteiger partial charge in [0, 0.05) is 0 Å². The van der Waals surface area contributed by atoms with E-state index in [-0.39, 0.29) is 0 Å². The predicted octanol–water partition coefficient (Wildman–Crippen LogP) is 4.51. The molecular formula is C13H14BrNOS. The van der Waals surface area contributed by atoms with Crippen LogP contribution < -0.4 is 4.74 Å². The van der Waals surface area contributed by atoms with Crippen molar-refractivity contribution in [1.82, 2.24) is 4.98 Å². The van der Waals surface area contributed by atoms with E-state index in [4.69, 9.17) is 4.74 Å². The molecule has 2 rings (SSSR count). The van der Waals surface area contributed by atoms with E-state index in [0.717, 1.165) is 25.8 Å². The van der Waals surface area contributed by atoms with Gasteiger partial charge in [-0.3, -0.25) is 0 Å². The van der Waals surface area contributed by atoms with E-state index < -0.39 is 0 Å². The summed E-state index contributed by atoms with van der Waals surface area (Å²) in [5, 5.41) is 0.995. The second-order valence-corrected chi connectivity index (χ2v) is 6.33. The van der Waals surface area contributed by atoms with Crippen LogP contribution in [-0.2, 0) is 0 Å². The highest BCUT2D eigenvalue weighted by Gasteiger charge is 2.13. The van der Waals surface area contributed by atoms with E-state index in [9.17, 15) is 0 Å². The first-order chi connectivity index (χ1) is 8.02. The van der Waals surface area contributed by atoms with Crippen LogP contribution in [0.4, 0.5) is 0 Å². The fourth-order valence-corrected chi connectivity index (χ4v) is 2.98. The van der Waals surface area contributed by atoms with E-state index in [1.807, 2.05) is 6.92 Å². The van der Waals surface area contributed by atoms with Crippen LogP contribution in [0.2, 0.25) is 0 Å². The highest BCUT2D eigenvalue weighted by molar-refractivity contribution is 9.11. The molecule has 0 radical (unpaired) electrons. The lowest BCUT2D eigenvalue weighted by molar-refractivity contribution is 0.416. The fraction of sp³-hybridized carbons (Fsp3) is 0.308. The van der Waals surface area contributed by atoms with E-state index in [1.165, 1.54) is 11.1 Å². The first kappa shape index (κ1) is 12.6. The summed E-state index contributed by atoms with van der Waals surface area (Å²) >= 11 is 5.15. The number of aryl methyl sites for hydroxylation is 3. The molecule has 0 N–H and O–H groups in total. The van der Waals surface area contributed by atoms with Crippen molar-refractivity contribution in [2.24, 2.45) is 0 Å². The molecule has 0 saturated carbocycles. The molecule has 0 spiro atoms. The summed E-state index contributed by atoms with van der Waals surface area (Å²) in [5.41, 5.74) is 4.57. The van der Waals surface area contributed by atoms with Crippen LogP contribution in [-0.4, -0.2) is 12.1 Å². The van der Waals surface area contributed by atoms with E-state index in [1.54, 1.807) is 18.4 Å². The summed E-state index contributed by atoms with van der Waals surface area (Å²) in [6.45, 7) is 6.19. The molecule has 0 aliphatic heterocycles. The Hall–Kier alpha value is -0.870. The minimum absolute atomic E-state index is 0.884. The molecular weight excluding hydrogens is 298 g/mol. The van der Waals surface area contributed by atoms with Crippen LogP contribution in [0.1, 0.15) is 16.8 Å². The van der Waals surface area contributed by atoms with Gasteiger partial charge < -0.3 is 4.74 Å². The monoisotopic (exact) mass is 311 g/mol. The van der Waals surface area contributed by atoms with E-state index in [0.29, 0.717) is 0 Å². The number of thiazole rings is 1. The van der Waals surface area contributed by atoms with E-state index >= 15 is 0 Å². The lowest BCUT2D eigenvalue weighted by Gasteiger charge is -2.09. The summed E-state index contributed by atoms with van der Waals surface area (Å²) < 4.78 is 6.51. The van der Waals surface area contributed by atoms with Gasteiger partial charge in [-0.15, -0.1) is 11.3 Å². The molecule has 2 nitrogen and oxygen atoms in total. The van der Waals surface area contributed by atoms with Crippen molar-refractivity contribution < 1.29 is 4.74 Å². The molecule has 1 aromatic heterocycles. The summed E-state index contributed by atoms with van der Waals surface area (Å²) in [6, 6.07) is 4.20. The van der Waals surface area contributed by atoms with Crippen LogP contribution in [0.25, 0.3) is 10.6 Å². The van der Waals surface area contributed by atoms with Crippen molar-refractivity contribution in [2.75, 3.05) is 7.11 Å². The molecule has 0 aliphatic carbocycles. The molecule has 0 unspecified atom stereocenters. The number of ether oxygens (including phenoxy) is 1. The molecule has 2 aromatic rings. The molecule has 4 heteroatoms. The Morgan fingerprint density at radius 3 is 2.35 bits per heavy atom. The number of aromatic nitrogens is 1. The third-order valence-electron chi connectivity index (χ3n) is 2.79. The minimum Gasteiger partial charge on any atom is -0.496 e. The average molecular weight is 312 g/mol. The van der Waals surface area contributed by atoms with Crippen molar-refractivity contribution in [1.29, 1.82) is 0 Å². The molecule has 17 heavy (non-hydrogen) atoms. The molecule has 0 saturated heterocycles. The number of methoxy groups -OCH3 is 1. The lowest BCUT2D eigenvalue weighted by atomic mass is 10.1. The van der Waals surface area contributed by atoms with Gasteiger partial charge >= 0.3 is 0 Å².